The molecular formula is C6H9F3N2S. The standard InChI is InChI=1S/C6H9F3N2S/c7-6(8,9)4-2-1-3-11(4)5(10)12/h4H,1-3H2,(H2,10,12)/t4-/m0/s1. The van der Waals surface area contributed by atoms with Crippen LogP contribution in [-0.4, -0.2) is 28.8 Å². The van der Waals surface area contributed by atoms with Crippen LogP contribution in [0.3, 0.4) is 0 Å². The summed E-state index contributed by atoms with van der Waals surface area (Å²) in [7, 11) is 0. The lowest BCUT2D eigenvalue weighted by Gasteiger charge is -2.26. The zero-order valence-electron chi connectivity index (χ0n) is 6.27. The largest absolute Gasteiger partial charge is 0.408 e. The molecule has 0 aromatic rings. The number of hydrogen-bond donors (Lipinski definition) is 1. The van der Waals surface area contributed by atoms with Gasteiger partial charge in [0.15, 0.2) is 5.11 Å². The van der Waals surface area contributed by atoms with Crippen LogP contribution >= 0.6 is 12.2 Å². The second-order valence-electron chi connectivity index (χ2n) is 2.73. The molecule has 0 saturated carbocycles. The maximum absolute atomic E-state index is 12.2. The summed E-state index contributed by atoms with van der Waals surface area (Å²) >= 11 is 4.50. The van der Waals surface area contributed by atoms with Crippen LogP contribution in [0.15, 0.2) is 0 Å². The van der Waals surface area contributed by atoms with Crippen LogP contribution in [0, 0.1) is 0 Å². The lowest BCUT2D eigenvalue weighted by atomic mass is 10.2. The quantitative estimate of drug-likeness (QED) is 0.594. The maximum Gasteiger partial charge on any atom is 0.408 e. The zero-order valence-corrected chi connectivity index (χ0v) is 7.08. The molecule has 1 saturated heterocycles. The van der Waals surface area contributed by atoms with E-state index >= 15 is 0 Å². The Bertz CT molecular complexity index is 192. The molecule has 2 N–H and O–H groups in total. The first-order valence-corrected chi connectivity index (χ1v) is 3.96. The van der Waals surface area contributed by atoms with E-state index in [4.69, 9.17) is 5.73 Å². The van der Waals surface area contributed by atoms with E-state index < -0.39 is 12.2 Å². The van der Waals surface area contributed by atoms with E-state index in [2.05, 4.69) is 12.2 Å². The zero-order chi connectivity index (χ0) is 9.35. The van der Waals surface area contributed by atoms with Crippen molar-refractivity contribution in [1.29, 1.82) is 0 Å². The minimum absolute atomic E-state index is 0.0981. The number of halogens is 3. The van der Waals surface area contributed by atoms with E-state index in [0.717, 1.165) is 4.90 Å². The van der Waals surface area contributed by atoms with Gasteiger partial charge in [0.2, 0.25) is 0 Å². The first kappa shape index (κ1) is 9.57. The van der Waals surface area contributed by atoms with E-state index in [1.54, 1.807) is 0 Å². The molecule has 1 heterocycles. The molecule has 0 radical (unpaired) electrons. The van der Waals surface area contributed by atoms with Gasteiger partial charge in [-0.1, -0.05) is 0 Å². The molecule has 2 nitrogen and oxygen atoms in total. The van der Waals surface area contributed by atoms with Crippen molar-refractivity contribution in [3.05, 3.63) is 0 Å². The van der Waals surface area contributed by atoms with Crippen molar-refractivity contribution in [2.75, 3.05) is 6.54 Å². The minimum atomic E-state index is -4.21. The van der Waals surface area contributed by atoms with Gasteiger partial charge in [-0.15, -0.1) is 0 Å². The van der Waals surface area contributed by atoms with Gasteiger partial charge in [0, 0.05) is 6.54 Å². The van der Waals surface area contributed by atoms with Crippen LogP contribution in [0.1, 0.15) is 12.8 Å². The van der Waals surface area contributed by atoms with Gasteiger partial charge in [-0.3, -0.25) is 0 Å². The highest BCUT2D eigenvalue weighted by atomic mass is 32.1. The lowest BCUT2D eigenvalue weighted by molar-refractivity contribution is -0.166. The molecule has 0 aliphatic carbocycles. The van der Waals surface area contributed by atoms with Crippen molar-refractivity contribution in [3.63, 3.8) is 0 Å². The molecule has 12 heavy (non-hydrogen) atoms. The Labute approximate surface area is 73.5 Å². The summed E-state index contributed by atoms with van der Waals surface area (Å²) < 4.78 is 36.6. The average molecular weight is 198 g/mol. The van der Waals surface area contributed by atoms with Gasteiger partial charge < -0.3 is 10.6 Å². The summed E-state index contributed by atoms with van der Waals surface area (Å²) in [6.45, 7) is 0.319. The second kappa shape index (κ2) is 3.08. The highest BCUT2D eigenvalue weighted by molar-refractivity contribution is 7.80. The molecule has 1 aliphatic heterocycles. The normalized spacial score (nSPS) is 24.6. The monoisotopic (exact) mass is 198 g/mol. The molecule has 0 spiro atoms. The minimum Gasteiger partial charge on any atom is -0.376 e. The van der Waals surface area contributed by atoms with Crippen LogP contribution in [-0.2, 0) is 0 Å². The first-order chi connectivity index (χ1) is 5.43. The fourth-order valence-electron chi connectivity index (χ4n) is 1.37. The molecular weight excluding hydrogens is 189 g/mol. The highest BCUT2D eigenvalue weighted by Crippen LogP contribution is 2.32. The van der Waals surface area contributed by atoms with Crippen molar-refractivity contribution in [3.8, 4) is 0 Å². The van der Waals surface area contributed by atoms with Gasteiger partial charge in [-0.05, 0) is 25.1 Å². The fraction of sp³-hybridized carbons (Fsp3) is 0.833. The van der Waals surface area contributed by atoms with Crippen molar-refractivity contribution < 1.29 is 13.2 Å². The van der Waals surface area contributed by atoms with E-state index in [0.29, 0.717) is 13.0 Å². The maximum atomic E-state index is 12.2. The summed E-state index contributed by atoms with van der Waals surface area (Å²) in [5, 5.41) is -0.158. The number of alkyl halides is 3. The number of thiocarbonyl (C=S) groups is 1. The third-order valence-electron chi connectivity index (χ3n) is 1.91. The predicted octanol–water partition coefficient (Wildman–Crippen LogP) is 1.26. The number of nitrogens with zero attached hydrogens (tertiary/aromatic N) is 1. The molecule has 1 atom stereocenters. The van der Waals surface area contributed by atoms with Crippen molar-refractivity contribution >= 4 is 17.3 Å². The Kier molecular flexibility index (Phi) is 2.46. The summed E-state index contributed by atoms with van der Waals surface area (Å²) in [6.07, 6.45) is -3.61. The van der Waals surface area contributed by atoms with Crippen molar-refractivity contribution in [2.24, 2.45) is 5.73 Å². The molecule has 0 amide bonds. The Morgan fingerprint density at radius 2 is 2.08 bits per heavy atom. The fourth-order valence-corrected chi connectivity index (χ4v) is 1.59. The summed E-state index contributed by atoms with van der Waals surface area (Å²) in [5.74, 6) is 0. The van der Waals surface area contributed by atoms with Crippen molar-refractivity contribution in [1.82, 2.24) is 4.90 Å². The van der Waals surface area contributed by atoms with Gasteiger partial charge in [-0.2, -0.15) is 13.2 Å². The Hall–Kier alpha value is -0.520. The van der Waals surface area contributed by atoms with Crippen LogP contribution in [0.2, 0.25) is 0 Å². The van der Waals surface area contributed by atoms with Gasteiger partial charge in [0.1, 0.15) is 6.04 Å². The molecule has 70 valence electrons. The number of nitrogens with two attached hydrogens (primary N) is 1. The molecule has 0 aromatic heterocycles. The van der Waals surface area contributed by atoms with Gasteiger partial charge >= 0.3 is 6.18 Å². The molecule has 0 aromatic carbocycles. The van der Waals surface area contributed by atoms with E-state index in [1.807, 2.05) is 0 Å². The average Bonchev–Trinajstić information content (AvgIpc) is 2.30. The molecule has 6 heteroatoms. The van der Waals surface area contributed by atoms with Gasteiger partial charge in [0.05, 0.1) is 0 Å². The molecule has 1 aliphatic rings. The number of rotatable bonds is 0. The van der Waals surface area contributed by atoms with Crippen LogP contribution in [0.5, 0.6) is 0 Å². The van der Waals surface area contributed by atoms with Crippen LogP contribution in [0.25, 0.3) is 0 Å². The van der Waals surface area contributed by atoms with Crippen LogP contribution in [0.4, 0.5) is 13.2 Å². The van der Waals surface area contributed by atoms with Gasteiger partial charge in [-0.25, -0.2) is 0 Å². The van der Waals surface area contributed by atoms with Gasteiger partial charge in [0.25, 0.3) is 0 Å². The molecule has 0 unspecified atom stereocenters. The Balaban J connectivity index is 2.71. The Morgan fingerprint density at radius 3 is 2.42 bits per heavy atom. The second-order valence-corrected chi connectivity index (χ2v) is 3.15. The summed E-state index contributed by atoms with van der Waals surface area (Å²) in [5.41, 5.74) is 5.14. The van der Waals surface area contributed by atoms with Crippen LogP contribution < -0.4 is 5.73 Å². The summed E-state index contributed by atoms with van der Waals surface area (Å²) in [6, 6.07) is -1.46. The summed E-state index contributed by atoms with van der Waals surface area (Å²) in [4.78, 5) is 1.04. The smallest absolute Gasteiger partial charge is 0.376 e. The predicted molar refractivity (Wildman–Crippen MR) is 42.6 cm³/mol. The number of hydrogen-bond acceptors (Lipinski definition) is 1. The third kappa shape index (κ3) is 1.80. The lowest BCUT2D eigenvalue weighted by Crippen LogP contribution is -2.46. The first-order valence-electron chi connectivity index (χ1n) is 3.55. The number of likely N-dealkylation sites (tertiary alicyclic amines) is 1. The van der Waals surface area contributed by atoms with E-state index in [1.165, 1.54) is 0 Å². The topological polar surface area (TPSA) is 29.3 Å². The molecule has 0 bridgehead atoms. The molecule has 1 rings (SSSR count). The SMILES string of the molecule is NC(=S)N1CCC[C@H]1C(F)(F)F. The van der Waals surface area contributed by atoms with E-state index in [-0.39, 0.29) is 11.5 Å². The van der Waals surface area contributed by atoms with E-state index in [9.17, 15) is 13.2 Å². The molecule has 1 fully saturated rings. The van der Waals surface area contributed by atoms with Crippen molar-refractivity contribution in [2.45, 2.75) is 25.1 Å². The highest BCUT2D eigenvalue weighted by Gasteiger charge is 2.46. The Morgan fingerprint density at radius 1 is 1.50 bits per heavy atom. The third-order valence-corrected chi connectivity index (χ3v) is 2.15.